The maximum Gasteiger partial charge on any atom is 0.323 e. The van der Waals surface area contributed by atoms with Gasteiger partial charge in [0.2, 0.25) is 0 Å². The maximum atomic E-state index is 11.0. The van der Waals surface area contributed by atoms with Crippen molar-refractivity contribution in [3.8, 4) is 0 Å². The van der Waals surface area contributed by atoms with Gasteiger partial charge in [0, 0.05) is 12.1 Å². The maximum absolute atomic E-state index is 11.0. The summed E-state index contributed by atoms with van der Waals surface area (Å²) in [7, 11) is 0. The Morgan fingerprint density at radius 2 is 2.22 bits per heavy atom. The minimum Gasteiger partial charge on any atom is -0.480 e. The van der Waals surface area contributed by atoms with Gasteiger partial charge in [-0.2, -0.15) is 0 Å². The van der Waals surface area contributed by atoms with Crippen LogP contribution in [0.1, 0.15) is 18.4 Å². The topological polar surface area (TPSA) is 83.7 Å². The zero-order valence-electron chi connectivity index (χ0n) is 10.00. The van der Waals surface area contributed by atoms with Crippen LogP contribution in [0.25, 0.3) is 0 Å². The average Bonchev–Trinajstić information content (AvgIpc) is 3.09. The summed E-state index contributed by atoms with van der Waals surface area (Å²) in [5, 5.41) is 20.0. The van der Waals surface area contributed by atoms with Gasteiger partial charge >= 0.3 is 5.97 Å². The number of hydrogen-bond donors (Lipinski definition) is 1. The lowest BCUT2D eigenvalue weighted by molar-refractivity contribution is -0.384. The molecule has 2 rings (SSSR count). The molecule has 0 unspecified atom stereocenters. The van der Waals surface area contributed by atoms with Crippen molar-refractivity contribution in [3.05, 3.63) is 33.9 Å². The number of para-hydroxylation sites is 1. The van der Waals surface area contributed by atoms with Crippen LogP contribution in [0.3, 0.4) is 0 Å². The standard InChI is InChI=1S/C12H14N2O4/c1-8-3-2-4-10(14(17)18)12(8)13(7-11(15)16)9-5-6-9/h2-4,9H,5-7H2,1H3,(H,15,16). The number of anilines is 1. The van der Waals surface area contributed by atoms with Gasteiger partial charge < -0.3 is 10.0 Å². The van der Waals surface area contributed by atoms with Gasteiger partial charge in [0.1, 0.15) is 12.2 Å². The first-order valence-corrected chi connectivity index (χ1v) is 5.73. The van der Waals surface area contributed by atoms with Gasteiger partial charge in [0.05, 0.1) is 4.92 Å². The van der Waals surface area contributed by atoms with Crippen LogP contribution in [0.2, 0.25) is 0 Å². The zero-order chi connectivity index (χ0) is 13.3. The number of nitro groups is 1. The molecule has 0 saturated heterocycles. The van der Waals surface area contributed by atoms with Crippen molar-refractivity contribution < 1.29 is 14.8 Å². The van der Waals surface area contributed by atoms with E-state index in [-0.39, 0.29) is 18.3 Å². The Balaban J connectivity index is 2.45. The predicted octanol–water partition coefficient (Wildman–Crippen LogP) is 1.96. The van der Waals surface area contributed by atoms with Crippen LogP contribution in [0, 0.1) is 17.0 Å². The fraction of sp³-hybridized carbons (Fsp3) is 0.417. The Morgan fingerprint density at radius 1 is 1.56 bits per heavy atom. The Bertz CT molecular complexity index is 497. The third kappa shape index (κ3) is 2.42. The molecule has 0 atom stereocenters. The number of benzene rings is 1. The molecule has 1 fully saturated rings. The van der Waals surface area contributed by atoms with Gasteiger partial charge in [-0.1, -0.05) is 12.1 Å². The van der Waals surface area contributed by atoms with Crippen LogP contribution in [-0.4, -0.2) is 28.6 Å². The molecule has 1 N–H and O–H groups in total. The number of rotatable bonds is 5. The van der Waals surface area contributed by atoms with E-state index in [2.05, 4.69) is 0 Å². The zero-order valence-corrected chi connectivity index (χ0v) is 10.00. The second kappa shape index (κ2) is 4.64. The fourth-order valence-electron chi connectivity index (χ4n) is 2.09. The lowest BCUT2D eigenvalue weighted by Crippen LogP contribution is -2.32. The summed E-state index contributed by atoms with van der Waals surface area (Å²) < 4.78 is 0. The van der Waals surface area contributed by atoms with Crippen LogP contribution >= 0.6 is 0 Å². The summed E-state index contributed by atoms with van der Waals surface area (Å²) in [6.45, 7) is 1.57. The molecule has 0 radical (unpaired) electrons. The van der Waals surface area contributed by atoms with Gasteiger partial charge in [0.25, 0.3) is 5.69 Å². The van der Waals surface area contributed by atoms with E-state index in [1.54, 1.807) is 24.0 Å². The second-order valence-electron chi connectivity index (χ2n) is 4.45. The Morgan fingerprint density at radius 3 is 2.72 bits per heavy atom. The highest BCUT2D eigenvalue weighted by molar-refractivity contribution is 5.78. The first-order valence-electron chi connectivity index (χ1n) is 5.73. The first-order chi connectivity index (χ1) is 8.50. The van der Waals surface area contributed by atoms with Crippen molar-refractivity contribution in [2.75, 3.05) is 11.4 Å². The number of nitro benzene ring substituents is 1. The summed E-state index contributed by atoms with van der Waals surface area (Å²) >= 11 is 0. The van der Waals surface area contributed by atoms with Gasteiger partial charge in [-0.15, -0.1) is 0 Å². The van der Waals surface area contributed by atoms with E-state index in [0.29, 0.717) is 5.69 Å². The molecule has 6 nitrogen and oxygen atoms in total. The molecule has 18 heavy (non-hydrogen) atoms. The van der Waals surface area contributed by atoms with Gasteiger partial charge in [-0.05, 0) is 25.3 Å². The summed E-state index contributed by atoms with van der Waals surface area (Å²) in [6.07, 6.45) is 1.78. The molecule has 0 spiro atoms. The molecule has 0 heterocycles. The van der Waals surface area contributed by atoms with Crippen LogP contribution < -0.4 is 4.90 Å². The van der Waals surface area contributed by atoms with Crippen molar-refractivity contribution >= 4 is 17.3 Å². The highest BCUT2D eigenvalue weighted by Crippen LogP contribution is 2.38. The molecular weight excluding hydrogens is 236 g/mol. The summed E-state index contributed by atoms with van der Waals surface area (Å²) in [5.41, 5.74) is 1.15. The fourth-order valence-corrected chi connectivity index (χ4v) is 2.09. The van der Waals surface area contributed by atoms with E-state index in [1.807, 2.05) is 0 Å². The molecule has 96 valence electrons. The molecule has 6 heteroatoms. The van der Waals surface area contributed by atoms with Crippen LogP contribution in [-0.2, 0) is 4.79 Å². The summed E-state index contributed by atoms with van der Waals surface area (Å²) in [6, 6.07) is 4.91. The highest BCUT2D eigenvalue weighted by Gasteiger charge is 2.34. The quantitative estimate of drug-likeness (QED) is 0.637. The number of carbonyl (C=O) groups is 1. The normalized spacial score (nSPS) is 14.3. The number of carboxylic acid groups (broad SMARTS) is 1. The molecule has 1 aromatic rings. The monoisotopic (exact) mass is 250 g/mol. The van der Waals surface area contributed by atoms with Crippen LogP contribution in [0.4, 0.5) is 11.4 Å². The van der Waals surface area contributed by atoms with E-state index in [9.17, 15) is 14.9 Å². The molecule has 0 amide bonds. The molecule has 1 aliphatic rings. The van der Waals surface area contributed by atoms with Crippen molar-refractivity contribution in [1.29, 1.82) is 0 Å². The second-order valence-corrected chi connectivity index (χ2v) is 4.45. The van der Waals surface area contributed by atoms with Crippen molar-refractivity contribution in [1.82, 2.24) is 0 Å². The van der Waals surface area contributed by atoms with Crippen molar-refractivity contribution in [3.63, 3.8) is 0 Å². The molecular formula is C12H14N2O4. The minimum absolute atomic E-state index is 0.0249. The Labute approximate surface area is 104 Å². The van der Waals surface area contributed by atoms with Crippen molar-refractivity contribution in [2.24, 2.45) is 0 Å². The number of aryl methyl sites for hydroxylation is 1. The Hall–Kier alpha value is -2.11. The van der Waals surface area contributed by atoms with Gasteiger partial charge in [0.15, 0.2) is 0 Å². The predicted molar refractivity (Wildman–Crippen MR) is 65.8 cm³/mol. The van der Waals surface area contributed by atoms with E-state index in [1.165, 1.54) is 6.07 Å². The SMILES string of the molecule is Cc1cccc([N+](=O)[O-])c1N(CC(=O)O)C1CC1. The third-order valence-electron chi connectivity index (χ3n) is 2.99. The lowest BCUT2D eigenvalue weighted by Gasteiger charge is -2.23. The smallest absolute Gasteiger partial charge is 0.323 e. The largest absolute Gasteiger partial charge is 0.480 e. The minimum atomic E-state index is -0.973. The van der Waals surface area contributed by atoms with Crippen LogP contribution in [0.5, 0.6) is 0 Å². The average molecular weight is 250 g/mol. The molecule has 1 aromatic carbocycles. The lowest BCUT2D eigenvalue weighted by atomic mass is 10.1. The first kappa shape index (κ1) is 12.3. The van der Waals surface area contributed by atoms with E-state index >= 15 is 0 Å². The van der Waals surface area contributed by atoms with E-state index in [4.69, 9.17) is 5.11 Å². The number of aliphatic carboxylic acids is 1. The van der Waals surface area contributed by atoms with E-state index in [0.717, 1.165) is 18.4 Å². The van der Waals surface area contributed by atoms with E-state index < -0.39 is 10.9 Å². The summed E-state index contributed by atoms with van der Waals surface area (Å²) in [4.78, 5) is 23.1. The molecule has 0 aromatic heterocycles. The van der Waals surface area contributed by atoms with Crippen molar-refractivity contribution in [2.45, 2.75) is 25.8 Å². The highest BCUT2D eigenvalue weighted by atomic mass is 16.6. The molecule has 1 aliphatic carbocycles. The van der Waals surface area contributed by atoms with Gasteiger partial charge in [-0.25, -0.2) is 0 Å². The number of hydrogen-bond acceptors (Lipinski definition) is 4. The third-order valence-corrected chi connectivity index (χ3v) is 2.99. The summed E-state index contributed by atoms with van der Waals surface area (Å²) in [5.74, 6) is -0.973. The van der Waals surface area contributed by atoms with Gasteiger partial charge in [-0.3, -0.25) is 14.9 Å². The van der Waals surface area contributed by atoms with Crippen LogP contribution in [0.15, 0.2) is 18.2 Å². The molecule has 0 aliphatic heterocycles. The number of nitrogens with zero attached hydrogens (tertiary/aromatic N) is 2. The number of carboxylic acids is 1. The molecule has 1 saturated carbocycles. The Kier molecular flexibility index (Phi) is 3.18. The molecule has 0 bridgehead atoms.